The van der Waals surface area contributed by atoms with Crippen LogP contribution in [-0.4, -0.2) is 11.9 Å². The van der Waals surface area contributed by atoms with E-state index in [1.807, 2.05) is 37.3 Å². The zero-order chi connectivity index (χ0) is 13.8. The Balaban J connectivity index is 2.92. The fourth-order valence-electron chi connectivity index (χ4n) is 1.88. The molecule has 1 rings (SSSR count). The van der Waals surface area contributed by atoms with E-state index in [2.05, 4.69) is 26.1 Å². The molecular formula is C15H24N2O. The van der Waals surface area contributed by atoms with Gasteiger partial charge in [0.25, 0.3) is 0 Å². The first-order chi connectivity index (χ1) is 8.36. The van der Waals surface area contributed by atoms with Crippen molar-refractivity contribution in [2.45, 2.75) is 46.2 Å². The number of nitrogens with two attached hydrogens (primary N) is 1. The van der Waals surface area contributed by atoms with Crippen LogP contribution in [0.2, 0.25) is 0 Å². The van der Waals surface area contributed by atoms with Gasteiger partial charge in [0.15, 0.2) is 0 Å². The van der Waals surface area contributed by atoms with Gasteiger partial charge in [-0.05, 0) is 17.4 Å². The smallest absolute Gasteiger partial charge is 0.237 e. The molecule has 0 heterocycles. The molecular weight excluding hydrogens is 224 g/mol. The number of hydrogen-bond acceptors (Lipinski definition) is 2. The summed E-state index contributed by atoms with van der Waals surface area (Å²) < 4.78 is 0. The van der Waals surface area contributed by atoms with E-state index in [0.717, 1.165) is 5.56 Å². The first-order valence-corrected chi connectivity index (χ1v) is 6.47. The lowest BCUT2D eigenvalue weighted by Crippen LogP contribution is -2.45. The van der Waals surface area contributed by atoms with Crippen molar-refractivity contribution in [3.8, 4) is 0 Å². The van der Waals surface area contributed by atoms with Crippen LogP contribution >= 0.6 is 0 Å². The molecule has 0 aromatic heterocycles. The minimum Gasteiger partial charge on any atom is -0.347 e. The Morgan fingerprint density at radius 1 is 1.28 bits per heavy atom. The third kappa shape index (κ3) is 3.84. The highest BCUT2D eigenvalue weighted by molar-refractivity contribution is 5.81. The highest BCUT2D eigenvalue weighted by atomic mass is 16.2. The molecule has 0 spiro atoms. The maximum absolute atomic E-state index is 12.0. The molecule has 0 saturated carbocycles. The minimum atomic E-state index is -0.432. The van der Waals surface area contributed by atoms with Gasteiger partial charge < -0.3 is 11.1 Å². The van der Waals surface area contributed by atoms with E-state index < -0.39 is 6.04 Å². The zero-order valence-electron chi connectivity index (χ0n) is 11.7. The molecule has 3 heteroatoms. The first-order valence-electron chi connectivity index (χ1n) is 6.47. The average molecular weight is 248 g/mol. The van der Waals surface area contributed by atoms with Gasteiger partial charge in [0, 0.05) is 0 Å². The van der Waals surface area contributed by atoms with Gasteiger partial charge in [0.2, 0.25) is 5.91 Å². The average Bonchev–Trinajstić information content (AvgIpc) is 2.34. The third-order valence-corrected chi connectivity index (χ3v) is 3.06. The summed E-state index contributed by atoms with van der Waals surface area (Å²) in [6, 6.07) is 9.56. The Morgan fingerprint density at radius 2 is 1.83 bits per heavy atom. The second kappa shape index (κ2) is 6.01. The molecule has 1 aromatic rings. The van der Waals surface area contributed by atoms with E-state index in [-0.39, 0.29) is 17.4 Å². The number of carbonyl (C=O) groups excluding carboxylic acids is 1. The van der Waals surface area contributed by atoms with E-state index in [4.69, 9.17) is 5.73 Å². The fourth-order valence-corrected chi connectivity index (χ4v) is 1.88. The highest BCUT2D eigenvalue weighted by Gasteiger charge is 2.28. The van der Waals surface area contributed by atoms with E-state index in [0.29, 0.717) is 6.42 Å². The molecule has 0 aliphatic heterocycles. The Bertz CT molecular complexity index is 381. The van der Waals surface area contributed by atoms with Gasteiger partial charge in [-0.3, -0.25) is 4.79 Å². The van der Waals surface area contributed by atoms with Crippen molar-refractivity contribution in [3.05, 3.63) is 35.9 Å². The van der Waals surface area contributed by atoms with Crippen LogP contribution in [0.4, 0.5) is 0 Å². The molecule has 0 saturated heterocycles. The van der Waals surface area contributed by atoms with Crippen LogP contribution in [0, 0.1) is 5.41 Å². The summed E-state index contributed by atoms with van der Waals surface area (Å²) in [5.41, 5.74) is 6.84. The lowest BCUT2D eigenvalue weighted by atomic mass is 9.82. The highest BCUT2D eigenvalue weighted by Crippen LogP contribution is 2.32. The van der Waals surface area contributed by atoms with Crippen LogP contribution in [-0.2, 0) is 4.79 Å². The summed E-state index contributed by atoms with van der Waals surface area (Å²) in [6.07, 6.45) is 0.650. The quantitative estimate of drug-likeness (QED) is 0.860. The molecule has 0 fully saturated rings. The summed E-state index contributed by atoms with van der Waals surface area (Å²) in [5.74, 6) is -0.0821. The maximum atomic E-state index is 12.0. The third-order valence-electron chi connectivity index (χ3n) is 3.06. The molecule has 1 aromatic carbocycles. The van der Waals surface area contributed by atoms with Gasteiger partial charge in [-0.2, -0.15) is 0 Å². The van der Waals surface area contributed by atoms with E-state index in [1.54, 1.807) is 0 Å². The van der Waals surface area contributed by atoms with Gasteiger partial charge >= 0.3 is 0 Å². The first kappa shape index (κ1) is 14.7. The van der Waals surface area contributed by atoms with E-state index in [9.17, 15) is 4.79 Å². The Hall–Kier alpha value is -1.35. The van der Waals surface area contributed by atoms with Crippen LogP contribution in [0.3, 0.4) is 0 Å². The van der Waals surface area contributed by atoms with Crippen LogP contribution in [0.1, 0.15) is 45.7 Å². The van der Waals surface area contributed by atoms with Gasteiger partial charge in [0.1, 0.15) is 0 Å². The number of nitrogens with one attached hydrogen (secondary N) is 1. The summed E-state index contributed by atoms with van der Waals surface area (Å²) in [4.78, 5) is 12.0. The Labute approximate surface area is 110 Å². The van der Waals surface area contributed by atoms with Crippen molar-refractivity contribution in [2.24, 2.45) is 11.1 Å². The van der Waals surface area contributed by atoms with Gasteiger partial charge in [0.05, 0.1) is 12.1 Å². The van der Waals surface area contributed by atoms with Crippen molar-refractivity contribution in [1.29, 1.82) is 0 Å². The predicted molar refractivity (Wildman–Crippen MR) is 75.0 cm³/mol. The second-order valence-corrected chi connectivity index (χ2v) is 5.73. The number of amides is 1. The van der Waals surface area contributed by atoms with Crippen molar-refractivity contribution in [3.63, 3.8) is 0 Å². The topological polar surface area (TPSA) is 55.1 Å². The summed E-state index contributed by atoms with van der Waals surface area (Å²) in [5, 5.41) is 3.06. The maximum Gasteiger partial charge on any atom is 0.237 e. The lowest BCUT2D eigenvalue weighted by Gasteiger charge is -2.32. The van der Waals surface area contributed by atoms with Gasteiger partial charge in [-0.1, -0.05) is 58.0 Å². The summed E-state index contributed by atoms with van der Waals surface area (Å²) in [7, 11) is 0. The molecule has 1 amide bonds. The molecule has 0 bridgehead atoms. The largest absolute Gasteiger partial charge is 0.347 e. The van der Waals surface area contributed by atoms with Crippen molar-refractivity contribution in [2.75, 3.05) is 0 Å². The molecule has 3 nitrogen and oxygen atoms in total. The van der Waals surface area contributed by atoms with Gasteiger partial charge in [-0.25, -0.2) is 0 Å². The minimum absolute atomic E-state index is 0.0243. The van der Waals surface area contributed by atoms with Crippen LogP contribution in [0.25, 0.3) is 0 Å². The molecule has 1 unspecified atom stereocenters. The van der Waals surface area contributed by atoms with E-state index in [1.165, 1.54) is 0 Å². The zero-order valence-corrected chi connectivity index (χ0v) is 11.7. The standard InChI is InChI=1S/C15H24N2O/c1-5-12(16)14(18)17-13(15(2,3)4)11-9-7-6-8-10-11/h6-10,12-13H,5,16H2,1-4H3,(H,17,18)/t12-,13?/m1/s1. The van der Waals surface area contributed by atoms with Gasteiger partial charge in [-0.15, -0.1) is 0 Å². The van der Waals surface area contributed by atoms with Crippen molar-refractivity contribution >= 4 is 5.91 Å². The van der Waals surface area contributed by atoms with Crippen molar-refractivity contribution < 1.29 is 4.79 Å². The SMILES string of the molecule is CC[C@@H](N)C(=O)NC(c1ccccc1)C(C)(C)C. The van der Waals surface area contributed by atoms with Crippen molar-refractivity contribution in [1.82, 2.24) is 5.32 Å². The lowest BCUT2D eigenvalue weighted by molar-refractivity contribution is -0.124. The monoisotopic (exact) mass is 248 g/mol. The molecule has 0 aliphatic carbocycles. The number of benzene rings is 1. The molecule has 2 atom stereocenters. The van der Waals surface area contributed by atoms with Crippen LogP contribution in [0.5, 0.6) is 0 Å². The molecule has 100 valence electrons. The molecule has 3 N–H and O–H groups in total. The Kier molecular flexibility index (Phi) is 4.91. The fraction of sp³-hybridized carbons (Fsp3) is 0.533. The number of rotatable bonds is 4. The molecule has 0 radical (unpaired) electrons. The second-order valence-electron chi connectivity index (χ2n) is 5.73. The number of hydrogen-bond donors (Lipinski definition) is 2. The van der Waals surface area contributed by atoms with E-state index >= 15 is 0 Å². The normalized spacial score (nSPS) is 14.9. The van der Waals surface area contributed by atoms with Crippen LogP contribution < -0.4 is 11.1 Å². The Morgan fingerprint density at radius 3 is 2.28 bits per heavy atom. The number of carbonyl (C=O) groups is 1. The predicted octanol–water partition coefficient (Wildman–Crippen LogP) is 2.63. The molecule has 18 heavy (non-hydrogen) atoms. The summed E-state index contributed by atoms with van der Waals surface area (Å²) in [6.45, 7) is 8.26. The van der Waals surface area contributed by atoms with Crippen LogP contribution in [0.15, 0.2) is 30.3 Å². The molecule has 0 aliphatic rings. The summed E-state index contributed by atoms with van der Waals surface area (Å²) >= 11 is 0.